The zero-order chi connectivity index (χ0) is 19.1. The molecule has 0 aromatic carbocycles. The molecule has 0 rings (SSSR count). The summed E-state index contributed by atoms with van der Waals surface area (Å²) < 4.78 is 0. The van der Waals surface area contributed by atoms with Gasteiger partial charge in [0.1, 0.15) is 0 Å². The van der Waals surface area contributed by atoms with Crippen LogP contribution in [0.2, 0.25) is 24.4 Å². The third kappa shape index (κ3) is 396. The molecule has 0 aromatic rings. The molecule has 0 spiro atoms. The molecule has 0 aliphatic rings. The normalized spacial score (nSPS) is 3.73. The van der Waals surface area contributed by atoms with Gasteiger partial charge in [0.05, 0.1) is 0 Å². The van der Waals surface area contributed by atoms with Crippen LogP contribution in [0.25, 0.3) is 0 Å². The molecule has 0 saturated carbocycles. The molecule has 0 unspecified atom stereocenters. The van der Waals surface area contributed by atoms with E-state index in [1.54, 1.807) is 0 Å². The lowest BCUT2D eigenvalue weighted by Gasteiger charge is -1.50. The number of hydrogen-bond acceptors (Lipinski definition) is 0. The summed E-state index contributed by atoms with van der Waals surface area (Å²) in [6, 6.07) is 39.7. The Hall–Kier alpha value is 0.409. The van der Waals surface area contributed by atoms with E-state index in [1.165, 1.54) is 31.8 Å². The van der Waals surface area contributed by atoms with Gasteiger partial charge in [0.15, 0.2) is 0 Å². The van der Waals surface area contributed by atoms with Gasteiger partial charge in [-0.3, -0.25) is 0 Å². The van der Waals surface area contributed by atoms with Crippen molar-refractivity contribution in [2.24, 2.45) is 0 Å². The highest BCUT2D eigenvalue weighted by atomic mass is 29.1. The summed E-state index contributed by atoms with van der Waals surface area (Å²) in [5.74, 6) is 0. The maximum absolute atomic E-state index is 5.09. The molecule has 0 atom stereocenters. The largest absolute Gasteiger partial charge is 0.158 e. The van der Waals surface area contributed by atoms with Gasteiger partial charge in [-0.1, -0.05) is 0 Å². The Kier molecular flexibility index (Phi) is 143. The third-order valence-corrected chi connectivity index (χ3v) is 5.17. The minimum absolute atomic E-state index is 0.446. The van der Waals surface area contributed by atoms with Crippen molar-refractivity contribution in [3.8, 4) is 48.0 Å². The van der Waals surface area contributed by atoms with Crippen LogP contribution in [-0.4, -0.2) is 90.2 Å². The van der Waals surface area contributed by atoms with E-state index in [-0.39, 0.29) is 0 Å². The molecule has 0 radical (unpaired) electrons. The van der Waals surface area contributed by atoms with Gasteiger partial charge in [0, 0.05) is 54.4 Å². The van der Waals surface area contributed by atoms with Crippen LogP contribution in [0.15, 0.2) is 0 Å². The van der Waals surface area contributed by atoms with Crippen molar-refractivity contribution >= 4 is 90.2 Å². The van der Waals surface area contributed by atoms with Gasteiger partial charge in [-0.2, -0.15) is 48.0 Å². The first kappa shape index (κ1) is 38.1. The van der Waals surface area contributed by atoms with E-state index >= 15 is 0 Å². The lowest BCUT2D eigenvalue weighted by Crippen LogP contribution is -1.60. The van der Waals surface area contributed by atoms with E-state index in [0.717, 1.165) is 0 Å². The minimum Gasteiger partial charge on any atom is -0.158 e. The second kappa shape index (κ2) is 82.3. The molecule has 0 aliphatic carbocycles. The Bertz CT molecular complexity index is 436. The summed E-state index contributed by atoms with van der Waals surface area (Å²) in [5.41, 5.74) is 2.53. The number of rotatable bonds is 0. The van der Waals surface area contributed by atoms with Gasteiger partial charge in [0.25, 0.3) is 0 Å². The Balaban J connectivity index is -0.0000000351. The van der Waals surface area contributed by atoms with Crippen molar-refractivity contribution in [1.29, 1.82) is 0 Å². The lowest BCUT2D eigenvalue weighted by molar-refractivity contribution is 2.13. The lowest BCUT2D eigenvalue weighted by atomic mass is 11.9. The van der Waals surface area contributed by atoms with Crippen molar-refractivity contribution in [2.45, 2.75) is 24.4 Å². The van der Waals surface area contributed by atoms with Gasteiger partial charge >= 0.3 is 0 Å². The molecule has 0 amide bonds. The van der Waals surface area contributed by atoms with Crippen LogP contribution in [0.1, 0.15) is 0 Å². The van der Waals surface area contributed by atoms with E-state index in [9.17, 15) is 0 Å². The quantitative estimate of drug-likeness (QED) is 0.365. The maximum atomic E-state index is 5.09. The highest BCUT2D eigenvalue weighted by molar-refractivity contribution is 6.87. The molecule has 22 heavy (non-hydrogen) atoms. The molecular formula is C12H24Si10. The molecule has 0 heterocycles. The third-order valence-electron chi connectivity index (χ3n) is 0.575. The van der Waals surface area contributed by atoms with Crippen molar-refractivity contribution in [2.75, 3.05) is 0 Å². The van der Waals surface area contributed by atoms with Crippen molar-refractivity contribution in [3.05, 3.63) is 0 Å². The van der Waals surface area contributed by atoms with Crippen molar-refractivity contribution in [3.63, 3.8) is 0 Å². The molecule has 10 heteroatoms. The fraction of sp³-hybridized carbons (Fsp3) is 0.333. The first-order valence-corrected chi connectivity index (χ1v) is 20.8. The van der Waals surface area contributed by atoms with Gasteiger partial charge in [-0.05, 0) is 60.3 Å². The molecule has 0 aromatic heterocycles. The summed E-state index contributed by atoms with van der Waals surface area (Å²) >= 11 is 0. The predicted octanol–water partition coefficient (Wildman–Crippen LogP) is -2.33. The van der Waals surface area contributed by atoms with Gasteiger partial charge in [0.2, 0.25) is 0 Å². The summed E-state index contributed by atoms with van der Waals surface area (Å²) in [6.45, 7) is 3.86. The molecule has 0 saturated heterocycles. The van der Waals surface area contributed by atoms with E-state index in [0.29, 0.717) is 69.7 Å². The highest BCUT2D eigenvalue weighted by Crippen LogP contribution is 1.42. The van der Waals surface area contributed by atoms with E-state index in [1.807, 2.05) is 13.1 Å². The average Bonchev–Trinajstić information content (AvgIpc) is 2.56. The molecule has 112 valence electrons. The first-order chi connectivity index (χ1) is 10.5. The summed E-state index contributed by atoms with van der Waals surface area (Å²) in [7, 11) is 6.91. The highest BCUT2D eigenvalue weighted by Gasteiger charge is 1.46. The van der Waals surface area contributed by atoms with Crippen LogP contribution in [0.3, 0.4) is 0 Å². The van der Waals surface area contributed by atoms with E-state index in [2.05, 4.69) is 0 Å². The Morgan fingerprint density at radius 3 is 0.636 bits per heavy atom. The van der Waals surface area contributed by atoms with Crippen molar-refractivity contribution in [1.82, 2.24) is 0 Å². The predicted molar refractivity (Wildman–Crippen MR) is 127 cm³/mol. The second-order valence-corrected chi connectivity index (χ2v) is 14.5. The Morgan fingerprint density at radius 2 is 0.636 bits per heavy atom. The summed E-state index contributed by atoms with van der Waals surface area (Å²) in [6.07, 6.45) is 0. The molecule has 0 fully saturated rings. The zero-order valence-electron chi connectivity index (χ0n) is 14.0. The smallest absolute Gasteiger partial charge is 0.0363 e. The first-order valence-electron chi connectivity index (χ1n) is 5.93. The molecule has 0 nitrogen and oxygen atoms in total. The van der Waals surface area contributed by atoms with Crippen LogP contribution >= 0.6 is 0 Å². The van der Waals surface area contributed by atoms with Crippen LogP contribution in [0.4, 0.5) is 0 Å². The van der Waals surface area contributed by atoms with Crippen LogP contribution < -0.4 is 0 Å². The van der Waals surface area contributed by atoms with Crippen LogP contribution in [0.5, 0.6) is 0 Å². The fourth-order valence-electron chi connectivity index (χ4n) is 0. The molecule has 0 bridgehead atoms. The van der Waals surface area contributed by atoms with Gasteiger partial charge < -0.3 is 0 Å². The molecule has 0 aliphatic heterocycles. The zero-order valence-corrected chi connectivity index (χ0v) is 26.0. The maximum Gasteiger partial charge on any atom is 0.0363 e. The van der Waals surface area contributed by atoms with Crippen molar-refractivity contribution < 1.29 is 0 Å². The fourth-order valence-corrected chi connectivity index (χ4v) is 0. The average molecular weight is 449 g/mol. The monoisotopic (exact) mass is 448 g/mol. The van der Waals surface area contributed by atoms with Gasteiger partial charge in [-0.15, -0.1) is 0 Å². The summed E-state index contributed by atoms with van der Waals surface area (Å²) in [4.78, 5) is 0. The topological polar surface area (TPSA) is 0 Å². The Labute approximate surface area is 161 Å². The minimum atomic E-state index is 0.446. The second-order valence-electron chi connectivity index (χ2n) is 2.27. The van der Waals surface area contributed by atoms with E-state index in [4.69, 9.17) is 48.0 Å². The van der Waals surface area contributed by atoms with Crippen LogP contribution in [0, 0.1) is 48.0 Å². The SMILES string of the molecule is C#[Si]C.C#[Si]C.C#[Si]C[SiH3].C#[Si]C[SiH3].C#[Si][Si]#C.C#[Si][Si]#C. The standard InChI is InChI=1S/2C2H6Si2.2C2H2Si2.2C2H4Si/c2*1-4-2-3;2*1-3-4-2;2*1-3-2/h2*1H,2H2,3H3;2*1-2H;2*1H,2H3. The summed E-state index contributed by atoms with van der Waals surface area (Å²) in [5, 5.41) is 0. The van der Waals surface area contributed by atoms with Crippen LogP contribution in [-0.2, 0) is 0 Å². The molecule has 0 N–H and O–H groups in total. The molecular weight excluding hydrogens is 425 g/mol. The van der Waals surface area contributed by atoms with E-state index < -0.39 is 0 Å². The number of hydrogen-bond donors (Lipinski definition) is 0. The Morgan fingerprint density at radius 1 is 0.545 bits per heavy atom. The van der Waals surface area contributed by atoms with Gasteiger partial charge in [-0.25, -0.2) is 0 Å².